The number of nitrogens with zero attached hydrogens (tertiary/aromatic N) is 2. The summed E-state index contributed by atoms with van der Waals surface area (Å²) in [5, 5.41) is 12.1. The van der Waals surface area contributed by atoms with Gasteiger partial charge in [0.1, 0.15) is 11.9 Å². The monoisotopic (exact) mass is 218 g/mol. The summed E-state index contributed by atoms with van der Waals surface area (Å²) in [6.45, 7) is 2.78. The molecule has 0 radical (unpaired) electrons. The zero-order valence-corrected chi connectivity index (χ0v) is 9.10. The smallest absolute Gasteiger partial charge is 0.165 e. The zero-order chi connectivity index (χ0) is 11.5. The number of hydrogen-bond acceptors (Lipinski definition) is 5. The lowest BCUT2D eigenvalue weighted by Gasteiger charge is -2.16. The number of rotatable bonds is 2. The van der Waals surface area contributed by atoms with E-state index in [1.165, 1.54) is 0 Å². The van der Waals surface area contributed by atoms with E-state index < -0.39 is 0 Å². The predicted octanol–water partition coefficient (Wildman–Crippen LogP) is 1.12. The van der Waals surface area contributed by atoms with Gasteiger partial charge in [0.05, 0.1) is 17.8 Å². The van der Waals surface area contributed by atoms with E-state index in [1.807, 2.05) is 13.0 Å². The fraction of sp³-hybridized carbons (Fsp3) is 0.455. The molecule has 3 N–H and O–H groups in total. The predicted molar refractivity (Wildman–Crippen MR) is 60.8 cm³/mol. The molecule has 0 saturated carbocycles. The van der Waals surface area contributed by atoms with Gasteiger partial charge < -0.3 is 15.8 Å². The number of nitrogen functional groups attached to an aromatic ring is 1. The molecule has 1 aliphatic heterocycles. The molecule has 5 nitrogen and oxygen atoms in total. The van der Waals surface area contributed by atoms with Gasteiger partial charge in [-0.15, -0.1) is 0 Å². The third kappa shape index (κ3) is 2.07. The third-order valence-electron chi connectivity index (χ3n) is 2.74. The summed E-state index contributed by atoms with van der Waals surface area (Å²) in [6.07, 6.45) is 1.12. The van der Waals surface area contributed by atoms with Crippen LogP contribution in [0.25, 0.3) is 0 Å². The lowest BCUT2D eigenvalue weighted by molar-refractivity contribution is 0.121. The van der Waals surface area contributed by atoms with E-state index in [-0.39, 0.29) is 17.8 Å². The molecule has 0 aromatic carbocycles. The summed E-state index contributed by atoms with van der Waals surface area (Å²) in [6, 6.07) is 5.68. The zero-order valence-electron chi connectivity index (χ0n) is 9.10. The van der Waals surface area contributed by atoms with Gasteiger partial charge in [0.25, 0.3) is 0 Å². The number of nitrogens with two attached hydrogens (primary N) is 1. The van der Waals surface area contributed by atoms with Crippen LogP contribution in [0.2, 0.25) is 0 Å². The summed E-state index contributed by atoms with van der Waals surface area (Å²) in [5.41, 5.74) is 6.26. The Morgan fingerprint density at radius 1 is 1.62 bits per heavy atom. The molecule has 2 heterocycles. The van der Waals surface area contributed by atoms with E-state index in [0.29, 0.717) is 11.5 Å². The molecule has 0 aliphatic carbocycles. The standard InChI is InChI=1S/C11H14N4O/c1-7-9(4-5-16-7)14-11-3-2-8(13)10(6-12)15-11/h2-3,7,9H,4-5,13H2,1H3,(H,14,15). The van der Waals surface area contributed by atoms with Gasteiger partial charge in [-0.05, 0) is 25.5 Å². The highest BCUT2D eigenvalue weighted by Gasteiger charge is 2.24. The van der Waals surface area contributed by atoms with Crippen molar-refractivity contribution in [3.05, 3.63) is 17.8 Å². The van der Waals surface area contributed by atoms with Gasteiger partial charge in [-0.1, -0.05) is 0 Å². The van der Waals surface area contributed by atoms with Crippen LogP contribution in [0.4, 0.5) is 11.5 Å². The fourth-order valence-corrected chi connectivity index (χ4v) is 1.75. The highest BCUT2D eigenvalue weighted by molar-refractivity contribution is 5.54. The highest BCUT2D eigenvalue weighted by Crippen LogP contribution is 2.19. The molecule has 1 aromatic rings. The van der Waals surface area contributed by atoms with Crippen molar-refractivity contribution < 1.29 is 4.74 Å². The van der Waals surface area contributed by atoms with Crippen LogP contribution in [-0.2, 0) is 4.74 Å². The second-order valence-electron chi connectivity index (χ2n) is 3.86. The topological polar surface area (TPSA) is 84.0 Å². The molecule has 1 aromatic heterocycles. The van der Waals surface area contributed by atoms with E-state index in [1.54, 1.807) is 12.1 Å². The van der Waals surface area contributed by atoms with Crippen molar-refractivity contribution in [1.82, 2.24) is 4.98 Å². The summed E-state index contributed by atoms with van der Waals surface area (Å²) in [7, 11) is 0. The summed E-state index contributed by atoms with van der Waals surface area (Å²) >= 11 is 0. The highest BCUT2D eigenvalue weighted by atomic mass is 16.5. The van der Waals surface area contributed by atoms with Crippen LogP contribution in [0.5, 0.6) is 0 Å². The summed E-state index contributed by atoms with van der Waals surface area (Å²) in [4.78, 5) is 4.14. The average molecular weight is 218 g/mol. The van der Waals surface area contributed by atoms with Crippen LogP contribution in [0.3, 0.4) is 0 Å². The maximum atomic E-state index is 8.81. The number of anilines is 2. The minimum Gasteiger partial charge on any atom is -0.396 e. The molecule has 84 valence electrons. The van der Waals surface area contributed by atoms with Crippen LogP contribution in [0, 0.1) is 11.3 Å². The van der Waals surface area contributed by atoms with Crippen LogP contribution < -0.4 is 11.1 Å². The van der Waals surface area contributed by atoms with Crippen molar-refractivity contribution >= 4 is 11.5 Å². The Morgan fingerprint density at radius 3 is 3.06 bits per heavy atom. The first-order chi connectivity index (χ1) is 7.70. The van der Waals surface area contributed by atoms with E-state index in [4.69, 9.17) is 15.7 Å². The molecule has 1 saturated heterocycles. The summed E-state index contributed by atoms with van der Waals surface area (Å²) < 4.78 is 5.44. The second kappa shape index (κ2) is 4.37. The first-order valence-electron chi connectivity index (χ1n) is 5.25. The molecular formula is C11H14N4O. The molecule has 2 unspecified atom stereocenters. The molecule has 0 amide bonds. The first-order valence-corrected chi connectivity index (χ1v) is 5.25. The molecule has 2 atom stereocenters. The lowest BCUT2D eigenvalue weighted by atomic mass is 10.1. The van der Waals surface area contributed by atoms with Crippen molar-refractivity contribution in [3.63, 3.8) is 0 Å². The van der Waals surface area contributed by atoms with E-state index >= 15 is 0 Å². The van der Waals surface area contributed by atoms with Crippen LogP contribution in [0.1, 0.15) is 19.0 Å². The molecule has 0 bridgehead atoms. The Hall–Kier alpha value is -1.80. The van der Waals surface area contributed by atoms with Crippen molar-refractivity contribution in [2.45, 2.75) is 25.5 Å². The number of hydrogen-bond donors (Lipinski definition) is 2. The quantitative estimate of drug-likeness (QED) is 0.777. The maximum absolute atomic E-state index is 8.81. The maximum Gasteiger partial charge on any atom is 0.165 e. The number of aromatic nitrogens is 1. The van der Waals surface area contributed by atoms with Crippen molar-refractivity contribution in [3.8, 4) is 6.07 Å². The normalized spacial score (nSPS) is 24.0. The number of ether oxygens (including phenoxy) is 1. The van der Waals surface area contributed by atoms with Crippen molar-refractivity contribution in [2.75, 3.05) is 17.7 Å². The van der Waals surface area contributed by atoms with Crippen molar-refractivity contribution in [1.29, 1.82) is 5.26 Å². The van der Waals surface area contributed by atoms with Crippen LogP contribution >= 0.6 is 0 Å². The van der Waals surface area contributed by atoms with Crippen LogP contribution in [0.15, 0.2) is 12.1 Å². The Bertz CT molecular complexity index is 426. The third-order valence-corrected chi connectivity index (χ3v) is 2.74. The summed E-state index contributed by atoms with van der Waals surface area (Å²) in [5.74, 6) is 0.674. The minimum absolute atomic E-state index is 0.171. The van der Waals surface area contributed by atoms with Crippen molar-refractivity contribution in [2.24, 2.45) is 0 Å². The van der Waals surface area contributed by atoms with Gasteiger partial charge in [-0.2, -0.15) is 5.26 Å². The van der Waals surface area contributed by atoms with Gasteiger partial charge in [-0.25, -0.2) is 4.98 Å². The fourth-order valence-electron chi connectivity index (χ4n) is 1.75. The van der Waals surface area contributed by atoms with E-state index in [2.05, 4.69) is 10.3 Å². The molecular weight excluding hydrogens is 204 g/mol. The van der Waals surface area contributed by atoms with Gasteiger partial charge >= 0.3 is 0 Å². The molecule has 1 fully saturated rings. The number of nitriles is 1. The van der Waals surface area contributed by atoms with Gasteiger partial charge in [0.2, 0.25) is 0 Å². The van der Waals surface area contributed by atoms with Crippen LogP contribution in [-0.4, -0.2) is 23.7 Å². The largest absolute Gasteiger partial charge is 0.396 e. The number of pyridine rings is 1. The van der Waals surface area contributed by atoms with E-state index in [0.717, 1.165) is 13.0 Å². The SMILES string of the molecule is CC1OCCC1Nc1ccc(N)c(C#N)n1. The van der Waals surface area contributed by atoms with Gasteiger partial charge in [-0.3, -0.25) is 0 Å². The van der Waals surface area contributed by atoms with E-state index in [9.17, 15) is 0 Å². The minimum atomic E-state index is 0.171. The Morgan fingerprint density at radius 2 is 2.44 bits per heavy atom. The first kappa shape index (κ1) is 10.7. The second-order valence-corrected chi connectivity index (χ2v) is 3.86. The Balaban J connectivity index is 2.13. The molecule has 2 rings (SSSR count). The number of nitrogens with one attached hydrogen (secondary N) is 1. The lowest BCUT2D eigenvalue weighted by Crippen LogP contribution is -2.27. The Labute approximate surface area is 94.2 Å². The Kier molecular flexibility index (Phi) is 2.93. The molecule has 16 heavy (non-hydrogen) atoms. The molecule has 1 aliphatic rings. The van der Waals surface area contributed by atoms with Gasteiger partial charge in [0.15, 0.2) is 5.69 Å². The molecule has 0 spiro atoms. The molecule has 5 heteroatoms. The van der Waals surface area contributed by atoms with Gasteiger partial charge in [0, 0.05) is 6.61 Å². The average Bonchev–Trinajstić information content (AvgIpc) is 2.67.